The molecule has 0 bridgehead atoms. The monoisotopic (exact) mass is 419 g/mol. The van der Waals surface area contributed by atoms with Gasteiger partial charge in [-0.3, -0.25) is 9.59 Å². The molecule has 0 fully saturated rings. The Labute approximate surface area is 173 Å². The smallest absolute Gasteiger partial charge is 0.387 e. The minimum atomic E-state index is -3.01. The summed E-state index contributed by atoms with van der Waals surface area (Å²) in [6.07, 6.45) is 0. The van der Waals surface area contributed by atoms with Crippen LogP contribution < -0.4 is 19.7 Å². The van der Waals surface area contributed by atoms with Crippen molar-refractivity contribution in [3.05, 3.63) is 53.6 Å². The van der Waals surface area contributed by atoms with Crippen molar-refractivity contribution in [2.45, 2.75) is 13.2 Å². The number of fused-ring (bicyclic) bond motifs is 1. The van der Waals surface area contributed by atoms with Gasteiger partial charge in [0.1, 0.15) is 0 Å². The van der Waals surface area contributed by atoms with Crippen LogP contribution in [0.1, 0.15) is 15.9 Å². The molecule has 2 aromatic carbocycles. The fraction of sp³-hybridized carbons (Fsp3) is 0.333. The molecule has 0 spiro atoms. The summed E-state index contributed by atoms with van der Waals surface area (Å²) in [5.74, 6) is -0.899. The van der Waals surface area contributed by atoms with Gasteiger partial charge in [0.15, 0.2) is 11.5 Å². The van der Waals surface area contributed by atoms with Gasteiger partial charge in [-0.1, -0.05) is 18.2 Å². The summed E-state index contributed by atoms with van der Waals surface area (Å²) < 4.78 is 34.2. The Bertz CT molecular complexity index is 923. The Kier molecular flexibility index (Phi) is 6.71. The minimum Gasteiger partial charge on any atom is -0.493 e. The normalized spacial score (nSPS) is 13.5. The van der Waals surface area contributed by atoms with E-state index in [9.17, 15) is 18.4 Å². The molecular weight excluding hydrogens is 396 g/mol. The van der Waals surface area contributed by atoms with Crippen molar-refractivity contribution in [1.82, 2.24) is 10.2 Å². The lowest BCUT2D eigenvalue weighted by molar-refractivity contribution is -0.130. The van der Waals surface area contributed by atoms with Crippen LogP contribution in [0.4, 0.5) is 14.5 Å². The molecule has 30 heavy (non-hydrogen) atoms. The number of nitrogens with one attached hydrogen (secondary N) is 1. The van der Waals surface area contributed by atoms with Gasteiger partial charge in [-0.2, -0.15) is 8.78 Å². The molecule has 160 valence electrons. The lowest BCUT2D eigenvalue weighted by Gasteiger charge is -2.21. The van der Waals surface area contributed by atoms with Crippen molar-refractivity contribution in [2.24, 2.45) is 0 Å². The number of likely N-dealkylation sites (N-methyl/N-ethyl adjacent to an activating group) is 1. The maximum atomic E-state index is 12.7. The van der Waals surface area contributed by atoms with Crippen molar-refractivity contribution in [3.8, 4) is 11.5 Å². The quantitative estimate of drug-likeness (QED) is 0.779. The predicted octanol–water partition coefficient (Wildman–Crippen LogP) is 2.50. The molecule has 9 heteroatoms. The first kappa shape index (κ1) is 21.4. The van der Waals surface area contributed by atoms with Gasteiger partial charge in [0.25, 0.3) is 5.91 Å². The highest BCUT2D eigenvalue weighted by atomic mass is 19.3. The molecule has 0 aromatic heterocycles. The molecule has 1 aliphatic heterocycles. The van der Waals surface area contributed by atoms with Crippen molar-refractivity contribution in [1.29, 1.82) is 0 Å². The number of halogens is 2. The molecule has 3 rings (SSSR count). The minimum absolute atomic E-state index is 0.00133. The van der Waals surface area contributed by atoms with E-state index in [2.05, 4.69) is 15.0 Å². The van der Waals surface area contributed by atoms with Gasteiger partial charge in [-0.15, -0.1) is 0 Å². The maximum Gasteiger partial charge on any atom is 0.387 e. The first-order chi connectivity index (χ1) is 14.4. The molecule has 0 unspecified atom stereocenters. The van der Waals surface area contributed by atoms with E-state index in [0.717, 1.165) is 11.3 Å². The number of methoxy groups -OCH3 is 1. The third-order valence-electron chi connectivity index (χ3n) is 4.86. The second kappa shape index (κ2) is 9.43. The van der Waals surface area contributed by atoms with Gasteiger partial charge in [-0.05, 0) is 29.8 Å². The number of ether oxygens (including phenoxy) is 2. The highest BCUT2D eigenvalue weighted by molar-refractivity contribution is 5.97. The number of alkyl halides is 2. The number of rotatable bonds is 6. The number of hydrogen-bond acceptors (Lipinski definition) is 5. The van der Waals surface area contributed by atoms with E-state index in [1.807, 2.05) is 31.3 Å². The predicted molar refractivity (Wildman–Crippen MR) is 107 cm³/mol. The largest absolute Gasteiger partial charge is 0.493 e. The Morgan fingerprint density at radius 2 is 1.90 bits per heavy atom. The average molecular weight is 419 g/mol. The zero-order valence-corrected chi connectivity index (χ0v) is 16.7. The Hall–Kier alpha value is -3.36. The van der Waals surface area contributed by atoms with Crippen LogP contribution in [0, 0.1) is 0 Å². The highest BCUT2D eigenvalue weighted by Crippen LogP contribution is 2.29. The first-order valence-corrected chi connectivity index (χ1v) is 9.37. The number of amides is 2. The van der Waals surface area contributed by atoms with Crippen LogP contribution in [-0.2, 0) is 11.3 Å². The van der Waals surface area contributed by atoms with E-state index in [4.69, 9.17) is 4.74 Å². The SMILES string of the molecule is COc1cc(C(=O)NCC(=O)N2CCN(C)c3ccccc3C2)ccc1OC(F)F. The van der Waals surface area contributed by atoms with E-state index in [1.165, 1.54) is 25.3 Å². The summed E-state index contributed by atoms with van der Waals surface area (Å²) in [4.78, 5) is 28.9. The van der Waals surface area contributed by atoms with Crippen LogP contribution in [0.25, 0.3) is 0 Å². The van der Waals surface area contributed by atoms with E-state index in [0.29, 0.717) is 19.6 Å². The molecule has 2 aromatic rings. The molecule has 0 aliphatic carbocycles. The van der Waals surface area contributed by atoms with E-state index >= 15 is 0 Å². The van der Waals surface area contributed by atoms with Gasteiger partial charge < -0.3 is 24.6 Å². The fourth-order valence-corrected chi connectivity index (χ4v) is 3.28. The zero-order chi connectivity index (χ0) is 21.7. The summed E-state index contributed by atoms with van der Waals surface area (Å²) in [7, 11) is 3.26. The highest BCUT2D eigenvalue weighted by Gasteiger charge is 2.22. The van der Waals surface area contributed by atoms with Gasteiger partial charge in [-0.25, -0.2) is 0 Å². The molecule has 0 radical (unpaired) electrons. The molecule has 7 nitrogen and oxygen atoms in total. The summed E-state index contributed by atoms with van der Waals surface area (Å²) in [5.41, 5.74) is 2.29. The van der Waals surface area contributed by atoms with Gasteiger partial charge >= 0.3 is 6.61 Å². The average Bonchev–Trinajstić information content (AvgIpc) is 2.91. The fourth-order valence-electron chi connectivity index (χ4n) is 3.28. The second-order valence-electron chi connectivity index (χ2n) is 6.79. The molecule has 0 saturated carbocycles. The van der Waals surface area contributed by atoms with Crippen molar-refractivity contribution < 1.29 is 27.8 Å². The molecule has 0 saturated heterocycles. The third-order valence-corrected chi connectivity index (χ3v) is 4.86. The van der Waals surface area contributed by atoms with Gasteiger partial charge in [0.2, 0.25) is 5.91 Å². The van der Waals surface area contributed by atoms with E-state index in [-0.39, 0.29) is 29.5 Å². The maximum absolute atomic E-state index is 12.7. The number of para-hydroxylation sites is 1. The molecule has 2 amide bonds. The number of carbonyl (C=O) groups is 2. The second-order valence-corrected chi connectivity index (χ2v) is 6.79. The Morgan fingerprint density at radius 3 is 2.63 bits per heavy atom. The topological polar surface area (TPSA) is 71.1 Å². The van der Waals surface area contributed by atoms with E-state index < -0.39 is 12.5 Å². The lowest BCUT2D eigenvalue weighted by Crippen LogP contribution is -2.41. The zero-order valence-electron chi connectivity index (χ0n) is 16.7. The molecule has 1 N–H and O–H groups in total. The number of nitrogens with zero attached hydrogens (tertiary/aromatic N) is 2. The summed E-state index contributed by atoms with van der Waals surface area (Å²) in [5, 5.41) is 2.57. The van der Waals surface area contributed by atoms with Crippen molar-refractivity contribution >= 4 is 17.5 Å². The summed E-state index contributed by atoms with van der Waals surface area (Å²) in [6, 6.07) is 11.7. The van der Waals surface area contributed by atoms with Gasteiger partial charge in [0.05, 0.1) is 13.7 Å². The molecular formula is C21H23F2N3O4. The van der Waals surface area contributed by atoms with Crippen LogP contribution in [0.3, 0.4) is 0 Å². The first-order valence-electron chi connectivity index (χ1n) is 9.37. The number of anilines is 1. The number of carbonyl (C=O) groups excluding carboxylic acids is 2. The standard InChI is InChI=1S/C21H23F2N3O4/c1-25-9-10-26(13-15-5-3-4-6-16(15)25)19(27)12-24-20(28)14-7-8-17(30-21(22)23)18(11-14)29-2/h3-8,11,21H,9-10,12-13H2,1-2H3,(H,24,28). The van der Waals surface area contributed by atoms with Crippen LogP contribution in [0.5, 0.6) is 11.5 Å². The number of hydrogen-bond donors (Lipinski definition) is 1. The Morgan fingerprint density at radius 1 is 1.13 bits per heavy atom. The van der Waals surface area contributed by atoms with E-state index in [1.54, 1.807) is 4.90 Å². The summed E-state index contributed by atoms with van der Waals surface area (Å²) >= 11 is 0. The van der Waals surface area contributed by atoms with Crippen LogP contribution >= 0.6 is 0 Å². The molecule has 1 aliphatic rings. The number of benzene rings is 2. The van der Waals surface area contributed by atoms with Crippen LogP contribution in [-0.4, -0.2) is 57.1 Å². The van der Waals surface area contributed by atoms with Gasteiger partial charge in [0, 0.05) is 37.9 Å². The van der Waals surface area contributed by atoms with Crippen molar-refractivity contribution in [2.75, 3.05) is 38.7 Å². The molecule has 1 heterocycles. The van der Waals surface area contributed by atoms with Crippen LogP contribution in [0.15, 0.2) is 42.5 Å². The Balaban J connectivity index is 1.63. The van der Waals surface area contributed by atoms with Crippen LogP contribution in [0.2, 0.25) is 0 Å². The third kappa shape index (κ3) is 4.97. The lowest BCUT2D eigenvalue weighted by atomic mass is 10.1. The molecule has 0 atom stereocenters. The van der Waals surface area contributed by atoms with Crippen molar-refractivity contribution in [3.63, 3.8) is 0 Å². The summed E-state index contributed by atoms with van der Waals surface area (Å²) in [6.45, 7) is -1.51.